The number of para-hydroxylation sites is 6. The van der Waals surface area contributed by atoms with Gasteiger partial charge in [-0.1, -0.05) is 152 Å². The van der Waals surface area contributed by atoms with Gasteiger partial charge in [-0.15, -0.1) is 0 Å². The molecule has 0 saturated carbocycles. The molecule has 0 fully saturated rings. The number of benzene rings is 10. The van der Waals surface area contributed by atoms with Crippen molar-refractivity contribution in [2.24, 2.45) is 0 Å². The molecule has 16 aromatic rings. The SMILES string of the molecule is CCn1c2ccccc2c2cc(Cc3ccc4c5cccc6c7ccccc7n(c4c3)c65)ccc21.CCn1c2ccccc2c2ccc(Cc3ccc4c5cccc6c7ccccc7n(c4c3)c65)cc21. The van der Waals surface area contributed by atoms with E-state index in [0.29, 0.717) is 0 Å². The smallest absolute Gasteiger partial charge is 0.0620 e. The largest absolute Gasteiger partial charge is 0.341 e. The number of fused-ring (bicyclic) bond motifs is 18. The number of hydrogen-bond acceptors (Lipinski definition) is 0. The van der Waals surface area contributed by atoms with E-state index in [1.807, 2.05) is 0 Å². The van der Waals surface area contributed by atoms with Crippen LogP contribution in [0, 0.1) is 0 Å². The Hall–Kier alpha value is -8.60. The van der Waals surface area contributed by atoms with Gasteiger partial charge < -0.3 is 17.9 Å². The number of rotatable bonds is 6. The van der Waals surface area contributed by atoms with Gasteiger partial charge >= 0.3 is 0 Å². The van der Waals surface area contributed by atoms with Gasteiger partial charge in [0.1, 0.15) is 0 Å². The van der Waals surface area contributed by atoms with E-state index in [0.717, 1.165) is 25.9 Å². The van der Waals surface area contributed by atoms with Crippen LogP contribution in [0.15, 0.2) is 206 Å². The maximum Gasteiger partial charge on any atom is 0.0620 e. The molecule has 0 aliphatic carbocycles. The fourth-order valence-electron chi connectivity index (χ4n) is 12.7. The van der Waals surface area contributed by atoms with Crippen molar-refractivity contribution >= 4 is 120 Å². The van der Waals surface area contributed by atoms with Gasteiger partial charge in [-0.25, -0.2) is 0 Å². The van der Waals surface area contributed by atoms with Gasteiger partial charge in [-0.3, -0.25) is 0 Å². The predicted molar refractivity (Wildman–Crippen MR) is 298 cm³/mol. The summed E-state index contributed by atoms with van der Waals surface area (Å²) in [6.07, 6.45) is 1.85. The first-order chi connectivity index (χ1) is 34.6. The van der Waals surface area contributed by atoms with Crippen LogP contribution in [0.3, 0.4) is 0 Å². The van der Waals surface area contributed by atoms with Gasteiger partial charge in [0.2, 0.25) is 0 Å². The van der Waals surface area contributed by atoms with Crippen LogP contribution in [-0.4, -0.2) is 17.9 Å². The van der Waals surface area contributed by atoms with E-state index in [4.69, 9.17) is 0 Å². The van der Waals surface area contributed by atoms with Crippen LogP contribution in [0.2, 0.25) is 0 Å². The highest BCUT2D eigenvalue weighted by Crippen LogP contribution is 2.41. The fraction of sp³-hybridized carbons (Fsp3) is 0.0909. The van der Waals surface area contributed by atoms with E-state index >= 15 is 0 Å². The Labute approximate surface area is 404 Å². The van der Waals surface area contributed by atoms with Crippen LogP contribution < -0.4 is 0 Å². The van der Waals surface area contributed by atoms with Crippen molar-refractivity contribution in [3.8, 4) is 0 Å². The van der Waals surface area contributed by atoms with Gasteiger partial charge in [0, 0.05) is 99.8 Å². The molecular weight excluding hydrogens is 849 g/mol. The number of aryl methyl sites for hydroxylation is 2. The normalized spacial score (nSPS) is 12.4. The van der Waals surface area contributed by atoms with Crippen LogP contribution in [0.5, 0.6) is 0 Å². The van der Waals surface area contributed by atoms with Gasteiger partial charge in [-0.2, -0.15) is 0 Å². The molecule has 4 heteroatoms. The Morgan fingerprint density at radius 2 is 0.557 bits per heavy atom. The summed E-state index contributed by atoms with van der Waals surface area (Å²) in [5.74, 6) is 0. The molecule has 0 aliphatic rings. The summed E-state index contributed by atoms with van der Waals surface area (Å²) < 4.78 is 9.80. The van der Waals surface area contributed by atoms with Gasteiger partial charge in [0.05, 0.1) is 33.1 Å². The Kier molecular flexibility index (Phi) is 8.41. The molecule has 0 spiro atoms. The summed E-state index contributed by atoms with van der Waals surface area (Å²) in [5.41, 5.74) is 18.6. The molecule has 70 heavy (non-hydrogen) atoms. The number of aromatic nitrogens is 4. The van der Waals surface area contributed by atoms with Gasteiger partial charge in [-0.05, 0) is 104 Å². The van der Waals surface area contributed by atoms with Crippen LogP contribution >= 0.6 is 0 Å². The minimum Gasteiger partial charge on any atom is -0.341 e. The molecule has 0 atom stereocenters. The first-order valence-electron chi connectivity index (χ1n) is 24.9. The molecule has 16 rings (SSSR count). The third-order valence-corrected chi connectivity index (χ3v) is 15.7. The molecule has 0 unspecified atom stereocenters. The second-order valence-electron chi connectivity index (χ2n) is 19.4. The highest BCUT2D eigenvalue weighted by atomic mass is 15.0. The molecular formula is C66H48N4. The van der Waals surface area contributed by atoms with Crippen LogP contribution in [0.4, 0.5) is 0 Å². The van der Waals surface area contributed by atoms with Crippen molar-refractivity contribution in [1.82, 2.24) is 17.9 Å². The van der Waals surface area contributed by atoms with Crippen molar-refractivity contribution < 1.29 is 0 Å². The first-order valence-corrected chi connectivity index (χ1v) is 24.9. The van der Waals surface area contributed by atoms with Gasteiger partial charge in [0.15, 0.2) is 0 Å². The Bertz CT molecular complexity index is 4740. The van der Waals surface area contributed by atoms with E-state index in [1.54, 1.807) is 0 Å². The average molecular weight is 897 g/mol. The first kappa shape index (κ1) is 39.4. The third-order valence-electron chi connectivity index (χ3n) is 15.7. The molecule has 6 aromatic heterocycles. The van der Waals surface area contributed by atoms with Crippen LogP contribution in [0.25, 0.3) is 120 Å². The van der Waals surface area contributed by atoms with Gasteiger partial charge in [0.25, 0.3) is 0 Å². The lowest BCUT2D eigenvalue weighted by Gasteiger charge is -2.07. The van der Waals surface area contributed by atoms with Crippen molar-refractivity contribution in [1.29, 1.82) is 0 Å². The molecule has 0 bridgehead atoms. The van der Waals surface area contributed by atoms with Crippen molar-refractivity contribution in [2.45, 2.75) is 39.8 Å². The van der Waals surface area contributed by atoms with E-state index in [-0.39, 0.29) is 0 Å². The topological polar surface area (TPSA) is 18.7 Å². The lowest BCUT2D eigenvalue weighted by molar-refractivity contribution is 0.826. The molecule has 0 N–H and O–H groups in total. The van der Waals surface area contributed by atoms with Crippen LogP contribution in [-0.2, 0) is 25.9 Å². The summed E-state index contributed by atoms with van der Waals surface area (Å²) in [4.78, 5) is 0. The number of nitrogens with zero attached hydrogens (tertiary/aromatic N) is 4. The van der Waals surface area contributed by atoms with Crippen molar-refractivity contribution in [3.63, 3.8) is 0 Å². The lowest BCUT2D eigenvalue weighted by Crippen LogP contribution is -1.94. The second kappa shape index (κ2) is 14.9. The Morgan fingerprint density at radius 1 is 0.243 bits per heavy atom. The van der Waals surface area contributed by atoms with Crippen molar-refractivity contribution in [3.05, 3.63) is 229 Å². The van der Waals surface area contributed by atoms with E-state index in [1.165, 1.54) is 142 Å². The zero-order valence-electron chi connectivity index (χ0n) is 39.2. The second-order valence-corrected chi connectivity index (χ2v) is 19.4. The van der Waals surface area contributed by atoms with E-state index < -0.39 is 0 Å². The third kappa shape index (κ3) is 5.53. The van der Waals surface area contributed by atoms with E-state index in [9.17, 15) is 0 Å². The monoisotopic (exact) mass is 896 g/mol. The summed E-state index contributed by atoms with van der Waals surface area (Å²) in [6, 6.07) is 76.6. The maximum absolute atomic E-state index is 2.47. The number of hydrogen-bond donors (Lipinski definition) is 0. The quantitative estimate of drug-likeness (QED) is 0.158. The predicted octanol–water partition coefficient (Wildman–Crippen LogP) is 17.1. The Balaban J connectivity index is 0.000000126. The molecule has 0 amide bonds. The molecule has 4 nitrogen and oxygen atoms in total. The average Bonchev–Trinajstić information content (AvgIpc) is 4.24. The molecule has 0 aliphatic heterocycles. The standard InChI is InChI=1S/2C33H24N2/c1-2-34-29-12-5-3-9-24(29)28-19-21(15-17-30(28)34)18-22-14-16-25-27-11-7-10-26-23-8-4-6-13-31(23)35(33(26)27)32(25)20-22;1-2-34-29-12-5-3-8-23(29)25-16-14-21(19-31(25)34)18-22-15-17-26-28-11-7-10-27-24-9-4-6-13-30(24)35(33(27)28)32(26)20-22/h2*3-17,19-20H,2,18H2,1H3. The summed E-state index contributed by atoms with van der Waals surface area (Å²) >= 11 is 0. The molecule has 6 heterocycles. The molecule has 0 saturated heterocycles. The minimum absolute atomic E-state index is 0.924. The molecule has 0 radical (unpaired) electrons. The summed E-state index contributed by atoms with van der Waals surface area (Å²) in [7, 11) is 0. The van der Waals surface area contributed by atoms with Crippen LogP contribution in [0.1, 0.15) is 36.1 Å². The Morgan fingerprint density at radius 3 is 1.03 bits per heavy atom. The van der Waals surface area contributed by atoms with E-state index in [2.05, 4.69) is 238 Å². The highest BCUT2D eigenvalue weighted by molar-refractivity contribution is 6.24. The molecule has 10 aromatic carbocycles. The highest BCUT2D eigenvalue weighted by Gasteiger charge is 2.20. The summed E-state index contributed by atoms with van der Waals surface area (Å²) in [5, 5.41) is 16.1. The maximum atomic E-state index is 2.47. The zero-order chi connectivity index (χ0) is 46.2. The fourth-order valence-corrected chi connectivity index (χ4v) is 12.7. The summed E-state index contributed by atoms with van der Waals surface area (Å²) in [6.45, 7) is 6.42. The zero-order valence-corrected chi connectivity index (χ0v) is 39.2. The molecule has 332 valence electrons. The lowest BCUT2D eigenvalue weighted by atomic mass is 10.0. The minimum atomic E-state index is 0.924. The van der Waals surface area contributed by atoms with Crippen molar-refractivity contribution in [2.75, 3.05) is 0 Å².